The number of carbonyl (C=O) groups is 2. The molecule has 0 bridgehead atoms. The minimum Gasteiger partial charge on any atom is -0.508 e. The van der Waals surface area contributed by atoms with E-state index in [1.165, 1.54) is 30.4 Å². The van der Waals surface area contributed by atoms with Gasteiger partial charge in [0.2, 0.25) is 0 Å². The number of esters is 2. The molecule has 0 aliphatic heterocycles. The number of ether oxygens (including phenoxy) is 3. The molecular weight excluding hydrogens is 961 g/mol. The highest BCUT2D eigenvalue weighted by molar-refractivity contribution is 9.09. The van der Waals surface area contributed by atoms with Gasteiger partial charge in [0.25, 0.3) is 0 Å². The second-order valence-corrected chi connectivity index (χ2v) is 21.1. The van der Waals surface area contributed by atoms with Crippen molar-refractivity contribution in [2.45, 2.75) is 167 Å². The third-order valence-electron chi connectivity index (χ3n) is 15.6. The van der Waals surface area contributed by atoms with Crippen LogP contribution in [0.3, 0.4) is 0 Å². The molecule has 0 aromatic heterocycles. The highest BCUT2D eigenvalue weighted by Gasteiger charge is 2.46. The SMILES string of the molecule is CCCCC[C@H](O)CC[C@@H]1[C@H]2Cc3cccc(O)c3C[C@H]2C[C@H]1O.CCCCC[C@H](O)CC[C@@H]1[C@H]2Cc3cccc(OCC(=O)OCc4ccccc4)c3C[C@H]2C[C@H]1O.O=C(CBr)OCc1ccccc1. The molecule has 5 N–H and O–H groups in total. The number of hydrogen-bond donors (Lipinski definition) is 5. The number of aliphatic hydroxyl groups is 4. The molecule has 0 saturated heterocycles. The first kappa shape index (κ1) is 56.0. The van der Waals surface area contributed by atoms with Crippen LogP contribution in [-0.2, 0) is 58.0 Å². The van der Waals surface area contributed by atoms with Crippen LogP contribution >= 0.6 is 15.9 Å². The number of unbranched alkanes of at least 4 members (excludes halogenated alkanes) is 4. The van der Waals surface area contributed by atoms with Crippen molar-refractivity contribution in [3.8, 4) is 11.5 Å². The van der Waals surface area contributed by atoms with E-state index < -0.39 is 0 Å². The molecular formula is C60H81BrO10. The molecule has 2 fully saturated rings. The lowest BCUT2D eigenvalue weighted by molar-refractivity contribution is -0.147. The quantitative estimate of drug-likeness (QED) is 0.0291. The molecule has 11 heteroatoms. The Morgan fingerprint density at radius 3 is 1.58 bits per heavy atom. The Morgan fingerprint density at radius 2 is 1.07 bits per heavy atom. The second-order valence-electron chi connectivity index (χ2n) is 20.6. The molecule has 0 radical (unpaired) electrons. The number of benzene rings is 4. The number of alkyl halides is 1. The van der Waals surface area contributed by atoms with Gasteiger partial charge in [-0.15, -0.1) is 0 Å². The average Bonchev–Trinajstić information content (AvgIpc) is 3.87. The number of aromatic hydroxyl groups is 1. The summed E-state index contributed by atoms with van der Waals surface area (Å²) < 4.78 is 16.2. The van der Waals surface area contributed by atoms with Gasteiger partial charge in [0.1, 0.15) is 30.0 Å². The Bertz CT molecular complexity index is 2190. The van der Waals surface area contributed by atoms with Crippen molar-refractivity contribution in [3.63, 3.8) is 0 Å². The number of carbonyl (C=O) groups excluding carboxylic acids is 2. The van der Waals surface area contributed by atoms with Crippen LogP contribution in [0.25, 0.3) is 0 Å². The van der Waals surface area contributed by atoms with Crippen molar-refractivity contribution in [1.29, 1.82) is 0 Å². The fraction of sp³-hybridized carbons (Fsp3) is 0.567. The maximum Gasteiger partial charge on any atom is 0.344 e. The first-order chi connectivity index (χ1) is 34.5. The average molecular weight is 1040 g/mol. The van der Waals surface area contributed by atoms with Gasteiger partial charge in [-0.2, -0.15) is 0 Å². The van der Waals surface area contributed by atoms with Crippen molar-refractivity contribution in [2.75, 3.05) is 11.9 Å². The van der Waals surface area contributed by atoms with Gasteiger partial charge >= 0.3 is 11.9 Å². The number of rotatable bonds is 22. The third kappa shape index (κ3) is 17.2. The van der Waals surface area contributed by atoms with E-state index in [-0.39, 0.29) is 60.8 Å². The third-order valence-corrected chi connectivity index (χ3v) is 16.1. The van der Waals surface area contributed by atoms with E-state index in [1.54, 1.807) is 6.07 Å². The van der Waals surface area contributed by atoms with Crippen LogP contribution in [0.15, 0.2) is 97.1 Å². The zero-order chi connectivity index (χ0) is 50.5. The van der Waals surface area contributed by atoms with Gasteiger partial charge in [-0.1, -0.05) is 153 Å². The monoisotopic (exact) mass is 1040 g/mol. The standard InChI is InChI=1S/C30H40O5.C21H32O3.C9H9BrO2/c1-2-3-5-12-24(31)14-15-25-26-16-22-11-8-13-29(27(22)17-23(26)18-28(25)32)34-20-30(33)35-19-21-9-6-4-7-10-21;1-2-3-4-7-16(22)9-10-17-18-11-14-6-5-8-20(23)19(14)12-15(18)13-21(17)24;10-6-9(11)12-7-8-4-2-1-3-5-8/h4,6-11,13,23-26,28,31-32H,2-3,5,12,14-20H2,1H3;5-6,8,15-18,21-24H,2-4,7,9-13H2,1H3;1-5H,6-7H2/t23-,24-,25+,26-,28+;15-,16-,17+,18-,21+;/m00./s1. The normalized spacial score (nSPS) is 23.5. The molecule has 4 aliphatic rings. The van der Waals surface area contributed by atoms with E-state index in [9.17, 15) is 35.1 Å². The van der Waals surface area contributed by atoms with Crippen LogP contribution in [0.2, 0.25) is 0 Å². The van der Waals surface area contributed by atoms with Crippen LogP contribution in [0.4, 0.5) is 0 Å². The summed E-state index contributed by atoms with van der Waals surface area (Å²) in [5.41, 5.74) is 6.71. The van der Waals surface area contributed by atoms with Crippen LogP contribution in [-0.4, -0.2) is 73.8 Å². The van der Waals surface area contributed by atoms with Gasteiger partial charge in [0.05, 0.1) is 24.4 Å². The van der Waals surface area contributed by atoms with Crippen molar-refractivity contribution >= 4 is 27.9 Å². The Labute approximate surface area is 431 Å². The van der Waals surface area contributed by atoms with E-state index in [1.807, 2.05) is 78.9 Å². The topological polar surface area (TPSA) is 163 Å². The summed E-state index contributed by atoms with van der Waals surface area (Å²) in [5, 5.41) is 52.3. The Balaban J connectivity index is 0.000000197. The lowest BCUT2D eigenvalue weighted by atomic mass is 9.73. The lowest BCUT2D eigenvalue weighted by Gasteiger charge is -2.32. The number of hydrogen-bond acceptors (Lipinski definition) is 10. The van der Waals surface area contributed by atoms with E-state index in [4.69, 9.17) is 14.2 Å². The minimum atomic E-state index is -0.381. The van der Waals surface area contributed by atoms with Crippen molar-refractivity contribution in [2.24, 2.45) is 35.5 Å². The molecule has 0 heterocycles. The molecule has 10 atom stereocenters. The predicted molar refractivity (Wildman–Crippen MR) is 282 cm³/mol. The summed E-state index contributed by atoms with van der Waals surface area (Å²) in [6.07, 6.45) is 16.3. The molecule has 2 saturated carbocycles. The van der Waals surface area contributed by atoms with E-state index in [2.05, 4.69) is 41.9 Å². The number of aliphatic hydroxyl groups excluding tert-OH is 4. The number of fused-ring (bicyclic) bond motifs is 4. The van der Waals surface area contributed by atoms with Gasteiger partial charge in [0, 0.05) is 0 Å². The van der Waals surface area contributed by atoms with Gasteiger partial charge in [0.15, 0.2) is 6.61 Å². The molecule has 0 spiro atoms. The van der Waals surface area contributed by atoms with Crippen molar-refractivity contribution in [1.82, 2.24) is 0 Å². The molecule has 10 nitrogen and oxygen atoms in total. The zero-order valence-corrected chi connectivity index (χ0v) is 43.8. The van der Waals surface area contributed by atoms with Crippen molar-refractivity contribution in [3.05, 3.63) is 130 Å². The zero-order valence-electron chi connectivity index (χ0n) is 42.2. The van der Waals surface area contributed by atoms with Crippen LogP contribution in [0.5, 0.6) is 11.5 Å². The number of halogens is 1. The van der Waals surface area contributed by atoms with Gasteiger partial charge < -0.3 is 39.7 Å². The first-order valence-corrected chi connectivity index (χ1v) is 27.8. The summed E-state index contributed by atoms with van der Waals surface area (Å²) in [4.78, 5) is 23.0. The van der Waals surface area contributed by atoms with Gasteiger partial charge in [-0.3, -0.25) is 4.79 Å². The highest BCUT2D eigenvalue weighted by atomic mass is 79.9. The van der Waals surface area contributed by atoms with E-state index in [0.29, 0.717) is 41.9 Å². The number of phenols is 1. The maximum absolute atomic E-state index is 12.2. The summed E-state index contributed by atoms with van der Waals surface area (Å²) in [7, 11) is 0. The first-order valence-electron chi connectivity index (χ1n) is 26.7. The molecule has 8 rings (SSSR count). The maximum atomic E-state index is 12.2. The molecule has 388 valence electrons. The smallest absolute Gasteiger partial charge is 0.344 e. The second kappa shape index (κ2) is 29.4. The summed E-state index contributed by atoms with van der Waals surface area (Å²) >= 11 is 3.01. The van der Waals surface area contributed by atoms with Crippen LogP contribution in [0.1, 0.15) is 137 Å². The molecule has 4 aromatic rings. The molecule has 0 unspecified atom stereocenters. The molecule has 71 heavy (non-hydrogen) atoms. The highest BCUT2D eigenvalue weighted by Crippen LogP contribution is 2.50. The van der Waals surface area contributed by atoms with Crippen LogP contribution in [0, 0.1) is 35.5 Å². The van der Waals surface area contributed by atoms with Crippen molar-refractivity contribution < 1.29 is 49.3 Å². The summed E-state index contributed by atoms with van der Waals surface area (Å²) in [6.45, 7) is 4.84. The van der Waals surface area contributed by atoms with Gasteiger partial charge in [-0.25, -0.2) is 4.79 Å². The van der Waals surface area contributed by atoms with E-state index >= 15 is 0 Å². The Hall–Kier alpha value is -4.26. The Kier molecular flexibility index (Phi) is 23.2. The Morgan fingerprint density at radius 1 is 0.592 bits per heavy atom. The van der Waals surface area contributed by atoms with Gasteiger partial charge in [-0.05, 0) is 158 Å². The van der Waals surface area contributed by atoms with Crippen LogP contribution < -0.4 is 4.74 Å². The predicted octanol–water partition coefficient (Wildman–Crippen LogP) is 11.2. The molecule has 4 aliphatic carbocycles. The summed E-state index contributed by atoms with van der Waals surface area (Å²) in [6, 6.07) is 31.1. The molecule has 0 amide bonds. The largest absolute Gasteiger partial charge is 0.508 e. The fourth-order valence-electron chi connectivity index (χ4n) is 11.8. The lowest BCUT2D eigenvalue weighted by Crippen LogP contribution is -2.28. The fourth-order valence-corrected chi connectivity index (χ4v) is 11.9. The minimum absolute atomic E-state index is 0.113. The summed E-state index contributed by atoms with van der Waals surface area (Å²) in [5.74, 6) is 2.91. The molecule has 4 aromatic carbocycles. The van der Waals surface area contributed by atoms with E-state index in [0.717, 1.165) is 124 Å². The number of phenolic OH excluding ortho intramolecular Hbond substituents is 1.